The minimum atomic E-state index is -4.97. The molecule has 0 aromatic heterocycles. The zero-order valence-electron chi connectivity index (χ0n) is 69.2. The second-order valence-electron chi connectivity index (χ2n) is 32.4. The molecule has 0 aliphatic carbocycles. The third kappa shape index (κ3) is 79.9. The van der Waals surface area contributed by atoms with Crippen LogP contribution in [0.1, 0.15) is 453 Å². The van der Waals surface area contributed by atoms with E-state index in [1.807, 2.05) is 0 Å². The average Bonchev–Trinajstić information content (AvgIpc) is 0.910. The van der Waals surface area contributed by atoms with E-state index in [0.29, 0.717) is 25.7 Å². The molecular formula is C86H168O17P2. The lowest BCUT2D eigenvalue weighted by Gasteiger charge is -2.21. The molecular weight excluding hydrogens is 1370 g/mol. The van der Waals surface area contributed by atoms with Gasteiger partial charge in [0, 0.05) is 25.7 Å². The number of hydrogen-bond donors (Lipinski definition) is 3. The molecule has 105 heavy (non-hydrogen) atoms. The molecule has 0 saturated carbocycles. The molecule has 0 spiro atoms. The smallest absolute Gasteiger partial charge is 0.462 e. The van der Waals surface area contributed by atoms with Crippen LogP contribution in [0.3, 0.4) is 0 Å². The van der Waals surface area contributed by atoms with E-state index in [9.17, 15) is 43.2 Å². The van der Waals surface area contributed by atoms with Crippen molar-refractivity contribution in [3.8, 4) is 0 Å². The minimum absolute atomic E-state index is 0.107. The normalized spacial score (nSPS) is 13.9. The van der Waals surface area contributed by atoms with Gasteiger partial charge in [0.25, 0.3) is 0 Å². The molecule has 0 bridgehead atoms. The van der Waals surface area contributed by atoms with Gasteiger partial charge in [0.1, 0.15) is 19.3 Å². The van der Waals surface area contributed by atoms with E-state index in [1.165, 1.54) is 263 Å². The van der Waals surface area contributed by atoms with Gasteiger partial charge < -0.3 is 33.8 Å². The van der Waals surface area contributed by atoms with Gasteiger partial charge in [0.05, 0.1) is 26.4 Å². The molecule has 0 saturated heterocycles. The SMILES string of the molecule is CCCCCCCCCCCCCCC(=O)O[C@H](COC(=O)CCCCCCCCCCC(C)C)COP(=O)(O)OC[C@H](O)COP(=O)(O)OC[C@@H](COC(=O)CCCCCCCCCCCCCCCCCCCCC(C)C)OC(=O)CCCCCCCCCCCCCCCCCCCCC(C)C. The van der Waals surface area contributed by atoms with Crippen LogP contribution < -0.4 is 0 Å². The summed E-state index contributed by atoms with van der Waals surface area (Å²) in [6.45, 7) is 12.0. The third-order valence-corrected chi connectivity index (χ3v) is 22.0. The number of phosphoric ester groups is 2. The number of unbranched alkanes of at least 4 members (excludes halogenated alkanes) is 52. The first kappa shape index (κ1) is 103. The summed E-state index contributed by atoms with van der Waals surface area (Å²) >= 11 is 0. The summed E-state index contributed by atoms with van der Waals surface area (Å²) in [4.78, 5) is 73.2. The van der Waals surface area contributed by atoms with E-state index in [0.717, 1.165) is 108 Å². The molecule has 0 heterocycles. The Morgan fingerprint density at radius 2 is 0.438 bits per heavy atom. The molecule has 0 fully saturated rings. The van der Waals surface area contributed by atoms with Gasteiger partial charge in [-0.25, -0.2) is 9.13 Å². The van der Waals surface area contributed by atoms with Gasteiger partial charge in [-0.15, -0.1) is 0 Å². The zero-order chi connectivity index (χ0) is 77.2. The van der Waals surface area contributed by atoms with E-state index >= 15 is 0 Å². The van der Waals surface area contributed by atoms with Crippen LogP contribution in [-0.2, 0) is 65.4 Å². The molecule has 0 aliphatic rings. The van der Waals surface area contributed by atoms with E-state index in [-0.39, 0.29) is 25.7 Å². The molecule has 17 nitrogen and oxygen atoms in total. The zero-order valence-corrected chi connectivity index (χ0v) is 71.0. The molecule has 19 heteroatoms. The van der Waals surface area contributed by atoms with Crippen LogP contribution in [0.15, 0.2) is 0 Å². The Balaban J connectivity index is 5.21. The van der Waals surface area contributed by atoms with E-state index in [2.05, 4.69) is 48.5 Å². The van der Waals surface area contributed by atoms with Crippen LogP contribution in [-0.4, -0.2) is 96.7 Å². The second kappa shape index (κ2) is 76.1. The highest BCUT2D eigenvalue weighted by Gasteiger charge is 2.30. The Kier molecular flexibility index (Phi) is 74.7. The maximum Gasteiger partial charge on any atom is 0.472 e. The first-order chi connectivity index (χ1) is 50.7. The minimum Gasteiger partial charge on any atom is -0.462 e. The number of aliphatic hydroxyl groups is 1. The number of carbonyl (C=O) groups is 4. The third-order valence-electron chi connectivity index (χ3n) is 20.1. The molecule has 2 unspecified atom stereocenters. The average molecular weight is 1540 g/mol. The topological polar surface area (TPSA) is 237 Å². The molecule has 0 radical (unpaired) electrons. The predicted octanol–water partition coefficient (Wildman–Crippen LogP) is 26.1. The number of esters is 4. The summed E-state index contributed by atoms with van der Waals surface area (Å²) in [5.74, 6) is 0.265. The van der Waals surface area contributed by atoms with Crippen molar-refractivity contribution in [2.75, 3.05) is 39.6 Å². The first-order valence-corrected chi connectivity index (χ1v) is 47.3. The molecule has 0 aromatic carbocycles. The Labute approximate surface area is 645 Å². The standard InChI is InChI=1S/C86H168O17P2/c1-8-9-10-11-12-13-14-33-39-48-55-62-69-85(90)103-82(74-97-84(89)68-61-54-47-42-41-45-52-59-66-79(6)7)76-101-105(94,95)99-72-80(87)71-98-104(92,93)100-75-81(102-86(91)70-63-56-49-40-35-30-26-22-18-16-20-24-28-32-37-44-51-58-65-78(4)5)73-96-83(88)67-60-53-46-38-34-29-25-21-17-15-19-23-27-31-36-43-50-57-64-77(2)3/h77-82,87H,8-76H2,1-7H3,(H,92,93)(H,94,95)/t80-,81-,82-/m1/s1. The van der Waals surface area contributed by atoms with Crippen molar-refractivity contribution in [3.05, 3.63) is 0 Å². The monoisotopic (exact) mass is 1540 g/mol. The van der Waals surface area contributed by atoms with Crippen molar-refractivity contribution in [3.63, 3.8) is 0 Å². The van der Waals surface area contributed by atoms with Crippen molar-refractivity contribution in [1.29, 1.82) is 0 Å². The van der Waals surface area contributed by atoms with Gasteiger partial charge in [-0.05, 0) is 43.4 Å². The number of hydrogen-bond acceptors (Lipinski definition) is 15. The van der Waals surface area contributed by atoms with Crippen molar-refractivity contribution >= 4 is 39.5 Å². The van der Waals surface area contributed by atoms with Crippen LogP contribution in [0.2, 0.25) is 0 Å². The summed E-state index contributed by atoms with van der Waals surface area (Å²) in [5.41, 5.74) is 0. The predicted molar refractivity (Wildman–Crippen MR) is 432 cm³/mol. The van der Waals surface area contributed by atoms with Crippen molar-refractivity contribution < 1.29 is 80.2 Å². The van der Waals surface area contributed by atoms with Gasteiger partial charge >= 0.3 is 39.5 Å². The lowest BCUT2D eigenvalue weighted by molar-refractivity contribution is -0.161. The van der Waals surface area contributed by atoms with Crippen LogP contribution in [0, 0.1) is 17.8 Å². The molecule has 0 aromatic rings. The van der Waals surface area contributed by atoms with Gasteiger partial charge in [-0.2, -0.15) is 0 Å². The van der Waals surface area contributed by atoms with E-state index < -0.39 is 97.5 Å². The highest BCUT2D eigenvalue weighted by molar-refractivity contribution is 7.47. The summed E-state index contributed by atoms with van der Waals surface area (Å²) in [5, 5.41) is 10.7. The lowest BCUT2D eigenvalue weighted by Crippen LogP contribution is -2.30. The van der Waals surface area contributed by atoms with Crippen LogP contribution >= 0.6 is 15.6 Å². The quantitative estimate of drug-likeness (QED) is 0.0222. The Bertz CT molecular complexity index is 2030. The summed E-state index contributed by atoms with van der Waals surface area (Å²) in [6, 6.07) is 0. The Morgan fingerprint density at radius 1 is 0.257 bits per heavy atom. The highest BCUT2D eigenvalue weighted by atomic mass is 31.2. The van der Waals surface area contributed by atoms with E-state index in [1.54, 1.807) is 0 Å². The summed E-state index contributed by atoms with van der Waals surface area (Å²) in [7, 11) is -9.93. The van der Waals surface area contributed by atoms with Gasteiger partial charge in [0.2, 0.25) is 0 Å². The Hall–Kier alpha value is -1.94. The molecule has 0 rings (SSSR count). The van der Waals surface area contributed by atoms with Crippen molar-refractivity contribution in [2.45, 2.75) is 471 Å². The summed E-state index contributed by atoms with van der Waals surface area (Å²) in [6.07, 6.45) is 66.8. The maximum absolute atomic E-state index is 13.1. The fourth-order valence-corrected chi connectivity index (χ4v) is 14.9. The maximum atomic E-state index is 13.1. The molecule has 0 amide bonds. The fraction of sp³-hybridized carbons (Fsp3) is 0.953. The van der Waals surface area contributed by atoms with Crippen molar-refractivity contribution in [1.82, 2.24) is 0 Å². The van der Waals surface area contributed by atoms with Gasteiger partial charge in [0.15, 0.2) is 12.2 Å². The second-order valence-corrected chi connectivity index (χ2v) is 35.3. The van der Waals surface area contributed by atoms with Gasteiger partial charge in [-0.1, -0.05) is 402 Å². The number of phosphoric acid groups is 2. The number of rotatable bonds is 84. The molecule has 624 valence electrons. The van der Waals surface area contributed by atoms with Crippen LogP contribution in [0.5, 0.6) is 0 Å². The summed E-state index contributed by atoms with van der Waals surface area (Å²) < 4.78 is 68.8. The number of ether oxygens (including phenoxy) is 4. The first-order valence-electron chi connectivity index (χ1n) is 44.3. The fourth-order valence-electron chi connectivity index (χ4n) is 13.4. The molecule has 3 N–H and O–H groups in total. The van der Waals surface area contributed by atoms with Crippen LogP contribution in [0.4, 0.5) is 0 Å². The number of aliphatic hydroxyl groups excluding tert-OH is 1. The van der Waals surface area contributed by atoms with Crippen molar-refractivity contribution in [2.24, 2.45) is 17.8 Å². The van der Waals surface area contributed by atoms with Crippen LogP contribution in [0.25, 0.3) is 0 Å². The molecule has 0 aliphatic heterocycles. The van der Waals surface area contributed by atoms with E-state index in [4.69, 9.17) is 37.0 Å². The lowest BCUT2D eigenvalue weighted by atomic mass is 10.0. The number of carbonyl (C=O) groups excluding carboxylic acids is 4. The highest BCUT2D eigenvalue weighted by Crippen LogP contribution is 2.45. The largest absolute Gasteiger partial charge is 0.472 e. The van der Waals surface area contributed by atoms with Gasteiger partial charge in [-0.3, -0.25) is 37.3 Å². The molecule has 5 atom stereocenters. The Morgan fingerprint density at radius 3 is 0.648 bits per heavy atom.